The van der Waals surface area contributed by atoms with Gasteiger partial charge in [0.25, 0.3) is 0 Å². The first-order chi connectivity index (χ1) is 7.86. The van der Waals surface area contributed by atoms with Crippen molar-refractivity contribution >= 4 is 5.69 Å². The van der Waals surface area contributed by atoms with Crippen LogP contribution >= 0.6 is 0 Å². The number of halogens is 1. The highest BCUT2D eigenvalue weighted by molar-refractivity contribution is 5.60. The van der Waals surface area contributed by atoms with E-state index in [0.717, 1.165) is 12.1 Å². The molecule has 17 heavy (non-hydrogen) atoms. The molecule has 0 bridgehead atoms. The van der Waals surface area contributed by atoms with Crippen molar-refractivity contribution in [3.8, 4) is 0 Å². The predicted octanol–water partition coefficient (Wildman–Crippen LogP) is 3.01. The minimum atomic E-state index is -0.192. The highest BCUT2D eigenvalue weighted by Gasteiger charge is 2.34. The summed E-state index contributed by atoms with van der Waals surface area (Å²) < 4.78 is 13.8. The highest BCUT2D eigenvalue weighted by atomic mass is 19.1. The van der Waals surface area contributed by atoms with E-state index in [1.165, 1.54) is 5.56 Å². The standard InChI is InChI=1S/C14H21FN2/c1-9-7-14(2,3)17(4)13-6-12(15)10(8-16)5-11(9)13/h5-6,9H,7-8,16H2,1-4H3/t9-/m0/s1. The van der Waals surface area contributed by atoms with Gasteiger partial charge in [0.2, 0.25) is 0 Å². The van der Waals surface area contributed by atoms with Crippen molar-refractivity contribution in [1.82, 2.24) is 0 Å². The molecule has 2 nitrogen and oxygen atoms in total. The molecule has 1 aliphatic rings. The van der Waals surface area contributed by atoms with Gasteiger partial charge in [-0.2, -0.15) is 0 Å². The minimum Gasteiger partial charge on any atom is -0.369 e. The zero-order chi connectivity index (χ0) is 12.8. The molecule has 0 spiro atoms. The normalized spacial score (nSPS) is 22.5. The van der Waals surface area contributed by atoms with E-state index in [0.29, 0.717) is 11.5 Å². The number of fused-ring (bicyclic) bond motifs is 1. The molecule has 0 amide bonds. The maximum absolute atomic E-state index is 13.8. The monoisotopic (exact) mass is 236 g/mol. The summed E-state index contributed by atoms with van der Waals surface area (Å²) in [5.74, 6) is 0.255. The van der Waals surface area contributed by atoms with Crippen LogP contribution in [0, 0.1) is 5.82 Å². The number of nitrogens with zero attached hydrogens (tertiary/aromatic N) is 1. The van der Waals surface area contributed by atoms with Crippen LogP contribution in [0.2, 0.25) is 0 Å². The Balaban J connectivity index is 2.57. The Morgan fingerprint density at radius 2 is 2.12 bits per heavy atom. The first kappa shape index (κ1) is 12.4. The molecule has 94 valence electrons. The van der Waals surface area contributed by atoms with Crippen LogP contribution in [-0.2, 0) is 6.54 Å². The van der Waals surface area contributed by atoms with Gasteiger partial charge in [-0.05, 0) is 43.9 Å². The predicted molar refractivity (Wildman–Crippen MR) is 69.8 cm³/mol. The molecule has 2 rings (SSSR count). The number of benzene rings is 1. The molecule has 3 heteroatoms. The summed E-state index contributed by atoms with van der Waals surface area (Å²) in [6.07, 6.45) is 1.08. The molecule has 1 atom stereocenters. The van der Waals surface area contributed by atoms with Gasteiger partial charge in [0, 0.05) is 30.4 Å². The van der Waals surface area contributed by atoms with Crippen molar-refractivity contribution in [2.24, 2.45) is 5.73 Å². The highest BCUT2D eigenvalue weighted by Crippen LogP contribution is 2.43. The molecule has 0 aromatic heterocycles. The number of nitrogens with two attached hydrogens (primary N) is 1. The van der Waals surface area contributed by atoms with E-state index in [4.69, 9.17) is 5.73 Å². The van der Waals surface area contributed by atoms with Crippen LogP contribution in [0.1, 0.15) is 44.2 Å². The van der Waals surface area contributed by atoms with Crippen molar-refractivity contribution in [1.29, 1.82) is 0 Å². The van der Waals surface area contributed by atoms with Crippen molar-refractivity contribution in [2.75, 3.05) is 11.9 Å². The Morgan fingerprint density at radius 3 is 2.71 bits per heavy atom. The van der Waals surface area contributed by atoms with Crippen LogP contribution in [0.3, 0.4) is 0 Å². The summed E-state index contributed by atoms with van der Waals surface area (Å²) >= 11 is 0. The zero-order valence-electron chi connectivity index (χ0n) is 11.0. The second-order valence-corrected chi connectivity index (χ2v) is 5.68. The number of anilines is 1. The van der Waals surface area contributed by atoms with E-state index in [2.05, 4.69) is 25.7 Å². The van der Waals surface area contributed by atoms with Gasteiger partial charge in [0.15, 0.2) is 0 Å². The zero-order valence-corrected chi connectivity index (χ0v) is 11.0. The summed E-state index contributed by atoms with van der Waals surface area (Å²) in [5, 5.41) is 0. The number of rotatable bonds is 1. The van der Waals surface area contributed by atoms with Crippen LogP contribution in [-0.4, -0.2) is 12.6 Å². The molecule has 1 aromatic carbocycles. The maximum Gasteiger partial charge on any atom is 0.129 e. The summed E-state index contributed by atoms with van der Waals surface area (Å²) in [7, 11) is 2.03. The number of hydrogen-bond acceptors (Lipinski definition) is 2. The van der Waals surface area contributed by atoms with Crippen LogP contribution in [0.4, 0.5) is 10.1 Å². The molecule has 1 heterocycles. The fourth-order valence-corrected chi connectivity index (χ4v) is 2.79. The van der Waals surface area contributed by atoms with E-state index in [9.17, 15) is 4.39 Å². The first-order valence-electron chi connectivity index (χ1n) is 6.13. The average Bonchev–Trinajstić information content (AvgIpc) is 2.25. The van der Waals surface area contributed by atoms with Gasteiger partial charge >= 0.3 is 0 Å². The van der Waals surface area contributed by atoms with E-state index < -0.39 is 0 Å². The lowest BCUT2D eigenvalue weighted by Crippen LogP contribution is -2.45. The Kier molecular flexibility index (Phi) is 2.90. The molecule has 0 saturated heterocycles. The molecular weight excluding hydrogens is 215 g/mol. The van der Waals surface area contributed by atoms with Gasteiger partial charge < -0.3 is 10.6 Å². The summed E-state index contributed by atoms with van der Waals surface area (Å²) in [4.78, 5) is 2.17. The Bertz CT molecular complexity index is 440. The summed E-state index contributed by atoms with van der Waals surface area (Å²) in [6.45, 7) is 6.85. The van der Waals surface area contributed by atoms with Crippen molar-refractivity contribution in [3.63, 3.8) is 0 Å². The molecule has 0 fully saturated rings. The number of hydrogen-bond donors (Lipinski definition) is 1. The summed E-state index contributed by atoms with van der Waals surface area (Å²) in [6, 6.07) is 3.57. The second kappa shape index (κ2) is 3.98. The fourth-order valence-electron chi connectivity index (χ4n) is 2.79. The summed E-state index contributed by atoms with van der Waals surface area (Å²) in [5.41, 5.74) is 8.47. The third-order valence-corrected chi connectivity index (χ3v) is 4.02. The first-order valence-corrected chi connectivity index (χ1v) is 6.13. The van der Waals surface area contributed by atoms with Crippen LogP contribution in [0.15, 0.2) is 12.1 Å². The van der Waals surface area contributed by atoms with E-state index in [1.807, 2.05) is 13.1 Å². The van der Waals surface area contributed by atoms with Crippen molar-refractivity contribution in [2.45, 2.75) is 45.2 Å². The Labute approximate surface area is 103 Å². The lowest BCUT2D eigenvalue weighted by Gasteiger charge is -2.45. The van der Waals surface area contributed by atoms with Gasteiger partial charge in [-0.15, -0.1) is 0 Å². The largest absolute Gasteiger partial charge is 0.369 e. The van der Waals surface area contributed by atoms with Crippen LogP contribution in [0.5, 0.6) is 0 Å². The minimum absolute atomic E-state index is 0.0725. The van der Waals surface area contributed by atoms with E-state index in [-0.39, 0.29) is 17.9 Å². The Morgan fingerprint density at radius 1 is 1.47 bits per heavy atom. The molecule has 0 unspecified atom stereocenters. The van der Waals surface area contributed by atoms with Crippen LogP contribution in [0.25, 0.3) is 0 Å². The lowest BCUT2D eigenvalue weighted by atomic mass is 9.80. The third-order valence-electron chi connectivity index (χ3n) is 4.02. The lowest BCUT2D eigenvalue weighted by molar-refractivity contribution is 0.394. The van der Waals surface area contributed by atoms with Crippen LogP contribution < -0.4 is 10.6 Å². The molecule has 1 aliphatic heterocycles. The smallest absolute Gasteiger partial charge is 0.129 e. The van der Waals surface area contributed by atoms with E-state index in [1.54, 1.807) is 6.07 Å². The van der Waals surface area contributed by atoms with Gasteiger partial charge in [0.1, 0.15) is 5.82 Å². The topological polar surface area (TPSA) is 29.3 Å². The molecular formula is C14H21FN2. The molecule has 1 aromatic rings. The third kappa shape index (κ3) is 1.93. The molecule has 0 aliphatic carbocycles. The quantitative estimate of drug-likeness (QED) is 0.812. The molecule has 0 radical (unpaired) electrons. The van der Waals surface area contributed by atoms with E-state index >= 15 is 0 Å². The SMILES string of the molecule is C[C@H]1CC(C)(C)N(C)c2cc(F)c(CN)cc21. The van der Waals surface area contributed by atoms with Gasteiger partial charge in [-0.3, -0.25) is 0 Å². The van der Waals surface area contributed by atoms with Gasteiger partial charge in [-0.25, -0.2) is 4.39 Å². The van der Waals surface area contributed by atoms with Crippen molar-refractivity contribution in [3.05, 3.63) is 29.1 Å². The molecule has 0 saturated carbocycles. The second-order valence-electron chi connectivity index (χ2n) is 5.68. The fraction of sp³-hybridized carbons (Fsp3) is 0.571. The average molecular weight is 236 g/mol. The molecule has 2 N–H and O–H groups in total. The van der Waals surface area contributed by atoms with Crippen molar-refractivity contribution < 1.29 is 4.39 Å². The van der Waals surface area contributed by atoms with Gasteiger partial charge in [-0.1, -0.05) is 6.92 Å². The maximum atomic E-state index is 13.8. The van der Waals surface area contributed by atoms with Gasteiger partial charge in [0.05, 0.1) is 0 Å². The Hall–Kier alpha value is -1.09.